The standard InChI is InChI=1S/C11H9N5O4/c17-8-2-4-16(11(20)12-8)10-14-13-7-5-6(9(18)19)1-3-15(7)10/h1,3,5H,2,4H2,(H,18,19)(H,12,17,20). The summed E-state index contributed by atoms with van der Waals surface area (Å²) in [6, 6.07) is 2.17. The van der Waals surface area contributed by atoms with E-state index in [0.717, 1.165) is 0 Å². The fourth-order valence-electron chi connectivity index (χ4n) is 1.95. The van der Waals surface area contributed by atoms with Crippen LogP contribution < -0.4 is 10.2 Å². The van der Waals surface area contributed by atoms with Gasteiger partial charge >= 0.3 is 12.0 Å². The van der Waals surface area contributed by atoms with E-state index in [-0.39, 0.29) is 30.4 Å². The van der Waals surface area contributed by atoms with Crippen LogP contribution in [-0.2, 0) is 4.79 Å². The molecule has 0 saturated carbocycles. The lowest BCUT2D eigenvalue weighted by atomic mass is 10.3. The van der Waals surface area contributed by atoms with E-state index in [9.17, 15) is 14.4 Å². The third-order valence-electron chi connectivity index (χ3n) is 2.93. The first-order chi connectivity index (χ1) is 9.56. The highest BCUT2D eigenvalue weighted by molar-refractivity contribution is 6.04. The molecule has 0 radical (unpaired) electrons. The van der Waals surface area contributed by atoms with Gasteiger partial charge in [-0.3, -0.25) is 19.4 Å². The van der Waals surface area contributed by atoms with Crippen molar-refractivity contribution in [2.45, 2.75) is 6.42 Å². The van der Waals surface area contributed by atoms with Gasteiger partial charge in [0.25, 0.3) is 0 Å². The van der Waals surface area contributed by atoms with Crippen LogP contribution in [0.1, 0.15) is 16.8 Å². The molecule has 3 heterocycles. The van der Waals surface area contributed by atoms with Gasteiger partial charge in [-0.15, -0.1) is 10.2 Å². The first kappa shape index (κ1) is 12.1. The maximum absolute atomic E-state index is 11.7. The summed E-state index contributed by atoms with van der Waals surface area (Å²) in [7, 11) is 0. The van der Waals surface area contributed by atoms with Gasteiger partial charge in [0, 0.05) is 19.2 Å². The summed E-state index contributed by atoms with van der Waals surface area (Å²) in [6.45, 7) is 0.201. The van der Waals surface area contributed by atoms with Crippen molar-refractivity contribution in [2.24, 2.45) is 0 Å². The Balaban J connectivity index is 2.02. The molecule has 9 nitrogen and oxygen atoms in total. The Morgan fingerprint density at radius 3 is 2.85 bits per heavy atom. The van der Waals surface area contributed by atoms with Crippen molar-refractivity contribution in [2.75, 3.05) is 11.4 Å². The monoisotopic (exact) mass is 275 g/mol. The van der Waals surface area contributed by atoms with E-state index in [1.807, 2.05) is 0 Å². The topological polar surface area (TPSA) is 117 Å². The van der Waals surface area contributed by atoms with Crippen molar-refractivity contribution >= 4 is 29.5 Å². The number of aromatic nitrogens is 3. The Bertz CT molecular complexity index is 737. The summed E-state index contributed by atoms with van der Waals surface area (Å²) in [5.74, 6) is -1.17. The van der Waals surface area contributed by atoms with Gasteiger partial charge in [-0.1, -0.05) is 0 Å². The van der Waals surface area contributed by atoms with Crippen LogP contribution in [0.4, 0.5) is 10.7 Å². The molecule has 0 aromatic carbocycles. The van der Waals surface area contributed by atoms with Crippen LogP contribution in [0.2, 0.25) is 0 Å². The molecule has 2 N–H and O–H groups in total. The fraction of sp³-hybridized carbons (Fsp3) is 0.182. The number of hydrogen-bond acceptors (Lipinski definition) is 5. The molecule has 1 aliphatic heterocycles. The summed E-state index contributed by atoms with van der Waals surface area (Å²) in [5.41, 5.74) is 0.388. The minimum atomic E-state index is -1.07. The van der Waals surface area contributed by atoms with Gasteiger partial charge < -0.3 is 5.11 Å². The Morgan fingerprint density at radius 1 is 1.35 bits per heavy atom. The number of carbonyl (C=O) groups is 3. The number of fused-ring (bicyclic) bond motifs is 1. The van der Waals surface area contributed by atoms with E-state index in [1.54, 1.807) is 0 Å². The molecular weight excluding hydrogens is 266 g/mol. The van der Waals surface area contributed by atoms with Gasteiger partial charge in [-0.05, 0) is 12.1 Å². The number of rotatable bonds is 2. The summed E-state index contributed by atoms with van der Waals surface area (Å²) >= 11 is 0. The average molecular weight is 275 g/mol. The molecular formula is C11H9N5O4. The molecule has 1 aliphatic rings. The second kappa shape index (κ2) is 4.30. The molecule has 0 spiro atoms. The van der Waals surface area contributed by atoms with E-state index >= 15 is 0 Å². The number of aromatic carboxylic acids is 1. The second-order valence-corrected chi connectivity index (χ2v) is 4.20. The van der Waals surface area contributed by atoms with Crippen LogP contribution in [0.25, 0.3) is 5.65 Å². The predicted octanol–water partition coefficient (Wildman–Crippen LogP) is -0.126. The number of hydrogen-bond donors (Lipinski definition) is 2. The zero-order valence-corrected chi connectivity index (χ0v) is 10.1. The summed E-state index contributed by atoms with van der Waals surface area (Å²) < 4.78 is 1.49. The zero-order valence-electron chi connectivity index (χ0n) is 10.1. The largest absolute Gasteiger partial charge is 0.478 e. The van der Waals surface area contributed by atoms with Gasteiger partial charge in [0.05, 0.1) is 5.56 Å². The Kier molecular flexibility index (Phi) is 2.60. The van der Waals surface area contributed by atoms with Crippen molar-refractivity contribution in [3.8, 4) is 0 Å². The Morgan fingerprint density at radius 2 is 2.15 bits per heavy atom. The molecule has 0 bridgehead atoms. The third-order valence-corrected chi connectivity index (χ3v) is 2.93. The minimum Gasteiger partial charge on any atom is -0.478 e. The van der Waals surface area contributed by atoms with Crippen molar-refractivity contribution in [3.05, 3.63) is 23.9 Å². The SMILES string of the molecule is O=C1CCN(c2nnc3cc(C(=O)O)ccn23)C(=O)N1. The van der Waals surface area contributed by atoms with Crippen molar-refractivity contribution in [1.29, 1.82) is 0 Å². The Hall–Kier alpha value is -2.97. The number of anilines is 1. The molecule has 20 heavy (non-hydrogen) atoms. The predicted molar refractivity (Wildman–Crippen MR) is 65.4 cm³/mol. The van der Waals surface area contributed by atoms with Crippen molar-refractivity contribution < 1.29 is 19.5 Å². The third kappa shape index (κ3) is 1.85. The summed E-state index contributed by atoms with van der Waals surface area (Å²) in [6.07, 6.45) is 1.64. The maximum atomic E-state index is 11.7. The Labute approximate surface area is 111 Å². The normalized spacial score (nSPS) is 15.5. The van der Waals surface area contributed by atoms with E-state index in [4.69, 9.17) is 5.11 Å². The number of carboxylic acid groups (broad SMARTS) is 1. The lowest BCUT2D eigenvalue weighted by molar-refractivity contribution is -0.120. The quantitative estimate of drug-likeness (QED) is 0.788. The number of imide groups is 1. The highest BCUT2D eigenvalue weighted by Crippen LogP contribution is 2.17. The zero-order chi connectivity index (χ0) is 14.3. The number of carboxylic acids is 1. The van der Waals surface area contributed by atoms with Gasteiger partial charge in [0.1, 0.15) is 0 Å². The van der Waals surface area contributed by atoms with Gasteiger partial charge in [-0.2, -0.15) is 0 Å². The van der Waals surface area contributed by atoms with Gasteiger partial charge in [-0.25, -0.2) is 9.59 Å². The van der Waals surface area contributed by atoms with E-state index in [0.29, 0.717) is 5.65 Å². The fourth-order valence-corrected chi connectivity index (χ4v) is 1.95. The van der Waals surface area contributed by atoms with Crippen LogP contribution in [-0.4, -0.2) is 44.2 Å². The van der Waals surface area contributed by atoms with Crippen LogP contribution in [0.5, 0.6) is 0 Å². The average Bonchev–Trinajstić information content (AvgIpc) is 2.81. The lowest BCUT2D eigenvalue weighted by Gasteiger charge is -2.24. The molecule has 2 aromatic rings. The highest BCUT2D eigenvalue weighted by atomic mass is 16.4. The number of carbonyl (C=O) groups excluding carboxylic acids is 2. The molecule has 102 valence electrons. The summed E-state index contributed by atoms with van der Waals surface area (Å²) in [4.78, 5) is 35.0. The van der Waals surface area contributed by atoms with Gasteiger partial charge in [0.15, 0.2) is 5.65 Å². The summed E-state index contributed by atoms with van der Waals surface area (Å²) in [5, 5.41) is 18.8. The molecule has 9 heteroatoms. The number of amides is 3. The molecule has 0 aliphatic carbocycles. The number of urea groups is 1. The molecule has 0 unspecified atom stereocenters. The first-order valence-electron chi connectivity index (χ1n) is 5.75. The van der Waals surface area contributed by atoms with Crippen LogP contribution in [0.15, 0.2) is 18.3 Å². The van der Waals surface area contributed by atoms with E-state index < -0.39 is 12.0 Å². The molecule has 1 fully saturated rings. The lowest BCUT2D eigenvalue weighted by Crippen LogP contribution is -2.50. The van der Waals surface area contributed by atoms with E-state index in [1.165, 1.54) is 27.6 Å². The molecule has 2 aromatic heterocycles. The minimum absolute atomic E-state index is 0.0784. The molecule has 1 saturated heterocycles. The molecule has 0 atom stereocenters. The van der Waals surface area contributed by atoms with Crippen LogP contribution in [0, 0.1) is 0 Å². The number of pyridine rings is 1. The maximum Gasteiger partial charge on any atom is 0.335 e. The smallest absolute Gasteiger partial charge is 0.335 e. The number of nitrogens with one attached hydrogen (secondary N) is 1. The highest BCUT2D eigenvalue weighted by Gasteiger charge is 2.27. The second-order valence-electron chi connectivity index (χ2n) is 4.20. The van der Waals surface area contributed by atoms with Crippen molar-refractivity contribution in [3.63, 3.8) is 0 Å². The van der Waals surface area contributed by atoms with Gasteiger partial charge in [0.2, 0.25) is 11.9 Å². The first-order valence-corrected chi connectivity index (χ1v) is 5.75. The van der Waals surface area contributed by atoms with Crippen LogP contribution >= 0.6 is 0 Å². The number of nitrogens with zero attached hydrogens (tertiary/aromatic N) is 4. The van der Waals surface area contributed by atoms with E-state index in [2.05, 4.69) is 15.5 Å². The molecule has 3 amide bonds. The molecule has 3 rings (SSSR count). The van der Waals surface area contributed by atoms with Crippen LogP contribution in [0.3, 0.4) is 0 Å². The van der Waals surface area contributed by atoms with Crippen molar-refractivity contribution in [1.82, 2.24) is 19.9 Å².